The molecule has 0 unspecified atom stereocenters. The first kappa shape index (κ1) is 10.6. The lowest BCUT2D eigenvalue weighted by molar-refractivity contribution is -0.0229. The number of aliphatic hydroxyl groups is 1. The summed E-state index contributed by atoms with van der Waals surface area (Å²) in [7, 11) is 0. The Labute approximate surface area is 93.3 Å². The minimum Gasteiger partial charge on any atom is -0.508 e. The second kappa shape index (κ2) is 3.29. The first-order valence-electron chi connectivity index (χ1n) is 4.78. The van der Waals surface area contributed by atoms with Crippen LogP contribution in [0, 0.1) is 0 Å². The fraction of sp³-hybridized carbons (Fsp3) is 0.455. The molecule has 0 fully saturated rings. The summed E-state index contributed by atoms with van der Waals surface area (Å²) in [5, 5.41) is 19.6. The Kier molecular flexibility index (Phi) is 2.32. The summed E-state index contributed by atoms with van der Waals surface area (Å²) in [6, 6.07) is 3.06. The zero-order chi connectivity index (χ0) is 11.2. The molecule has 1 aliphatic heterocycles. The highest BCUT2D eigenvalue weighted by atomic mass is 35.5. The quantitative estimate of drug-likeness (QED) is 0.774. The number of phenolic OH excluding ortho intramolecular Hbond substituents is 1. The molecule has 1 aromatic carbocycles. The normalized spacial score (nSPS) is 19.9. The number of aromatic hydroxyl groups is 1. The molecule has 1 aromatic rings. The summed E-state index contributed by atoms with van der Waals surface area (Å²) in [5.41, 5.74) is -0.0788. The van der Waals surface area contributed by atoms with Gasteiger partial charge in [0.2, 0.25) is 0 Å². The summed E-state index contributed by atoms with van der Waals surface area (Å²) in [5.74, 6) is 0.695. The van der Waals surface area contributed by atoms with Crippen molar-refractivity contribution < 1.29 is 14.9 Å². The lowest BCUT2D eigenvalue weighted by atomic mass is 9.97. The molecule has 2 rings (SSSR count). The fourth-order valence-electron chi connectivity index (χ4n) is 1.70. The number of hydrogen-bond acceptors (Lipinski definition) is 3. The molecule has 0 radical (unpaired) electrons. The zero-order valence-electron chi connectivity index (χ0n) is 8.62. The largest absolute Gasteiger partial charge is 0.508 e. The summed E-state index contributed by atoms with van der Waals surface area (Å²) < 4.78 is 5.56. The third-order valence-corrected chi connectivity index (χ3v) is 2.84. The molecule has 4 heteroatoms. The van der Waals surface area contributed by atoms with E-state index in [1.807, 2.05) is 0 Å². The van der Waals surface area contributed by atoms with Crippen LogP contribution in [0.25, 0.3) is 0 Å². The van der Waals surface area contributed by atoms with Gasteiger partial charge in [0.1, 0.15) is 17.6 Å². The van der Waals surface area contributed by atoms with Gasteiger partial charge in [0.25, 0.3) is 0 Å². The highest BCUT2D eigenvalue weighted by molar-refractivity contribution is 6.32. The number of rotatable bonds is 1. The second-order valence-electron chi connectivity index (χ2n) is 4.38. The predicted molar refractivity (Wildman–Crippen MR) is 57.5 cm³/mol. The second-order valence-corrected chi connectivity index (χ2v) is 4.79. The van der Waals surface area contributed by atoms with Crippen LogP contribution < -0.4 is 4.74 Å². The molecule has 15 heavy (non-hydrogen) atoms. The van der Waals surface area contributed by atoms with Crippen molar-refractivity contribution in [3.8, 4) is 11.5 Å². The maximum absolute atomic E-state index is 9.82. The van der Waals surface area contributed by atoms with Gasteiger partial charge in [0.05, 0.1) is 10.6 Å². The van der Waals surface area contributed by atoms with E-state index >= 15 is 0 Å². The highest BCUT2D eigenvalue weighted by Gasteiger charge is 2.36. The number of benzene rings is 1. The van der Waals surface area contributed by atoms with Crippen LogP contribution in [0.15, 0.2) is 12.1 Å². The van der Waals surface area contributed by atoms with Gasteiger partial charge in [-0.05, 0) is 19.9 Å². The molecule has 1 aliphatic rings. The SMILES string of the molecule is CC(C)(O)[C@@H]1Cc2cc(O)cc(Cl)c2O1. The number of fused-ring (bicyclic) bond motifs is 1. The smallest absolute Gasteiger partial charge is 0.142 e. The summed E-state index contributed by atoms with van der Waals surface area (Å²) >= 11 is 5.92. The van der Waals surface area contributed by atoms with Gasteiger partial charge in [-0.3, -0.25) is 0 Å². The van der Waals surface area contributed by atoms with Crippen LogP contribution in [-0.2, 0) is 6.42 Å². The van der Waals surface area contributed by atoms with Crippen LogP contribution in [0.4, 0.5) is 0 Å². The molecule has 0 bridgehead atoms. The number of phenols is 1. The van der Waals surface area contributed by atoms with E-state index in [4.69, 9.17) is 16.3 Å². The molecule has 0 saturated heterocycles. The molecule has 0 aromatic heterocycles. The molecule has 0 spiro atoms. The molecule has 0 aliphatic carbocycles. The lowest BCUT2D eigenvalue weighted by Crippen LogP contribution is -2.39. The Morgan fingerprint density at radius 1 is 1.47 bits per heavy atom. The zero-order valence-corrected chi connectivity index (χ0v) is 9.38. The Hall–Kier alpha value is -0.930. The minimum atomic E-state index is -0.919. The Morgan fingerprint density at radius 3 is 2.73 bits per heavy atom. The molecular weight excluding hydrogens is 216 g/mol. The van der Waals surface area contributed by atoms with Crippen LogP contribution in [0.5, 0.6) is 11.5 Å². The monoisotopic (exact) mass is 228 g/mol. The van der Waals surface area contributed by atoms with E-state index in [1.165, 1.54) is 6.07 Å². The predicted octanol–water partition coefficient (Wildman–Crippen LogP) is 2.12. The van der Waals surface area contributed by atoms with Crippen LogP contribution in [0.1, 0.15) is 19.4 Å². The van der Waals surface area contributed by atoms with E-state index in [-0.39, 0.29) is 11.9 Å². The van der Waals surface area contributed by atoms with Crippen LogP contribution in [0.3, 0.4) is 0 Å². The van der Waals surface area contributed by atoms with Gasteiger partial charge in [0.15, 0.2) is 0 Å². The Bertz CT molecular complexity index is 396. The number of halogens is 1. The van der Waals surface area contributed by atoms with Gasteiger partial charge in [-0.25, -0.2) is 0 Å². The molecule has 2 N–H and O–H groups in total. The van der Waals surface area contributed by atoms with E-state index < -0.39 is 5.60 Å². The molecule has 0 amide bonds. The average Bonchev–Trinajstić information content (AvgIpc) is 2.46. The Balaban J connectivity index is 2.35. The fourth-order valence-corrected chi connectivity index (χ4v) is 1.97. The van der Waals surface area contributed by atoms with Crippen molar-refractivity contribution in [3.05, 3.63) is 22.7 Å². The van der Waals surface area contributed by atoms with Crippen molar-refractivity contribution in [2.75, 3.05) is 0 Å². The van der Waals surface area contributed by atoms with Crippen LogP contribution >= 0.6 is 11.6 Å². The summed E-state index contributed by atoms with van der Waals surface area (Å²) in [6.45, 7) is 3.38. The minimum absolute atomic E-state index is 0.124. The molecule has 1 heterocycles. The van der Waals surface area contributed by atoms with E-state index in [1.54, 1.807) is 19.9 Å². The molecule has 0 saturated carbocycles. The Morgan fingerprint density at radius 2 is 2.13 bits per heavy atom. The molecule has 1 atom stereocenters. The third kappa shape index (κ3) is 1.90. The van der Waals surface area contributed by atoms with Crippen LogP contribution in [-0.4, -0.2) is 21.9 Å². The summed E-state index contributed by atoms with van der Waals surface area (Å²) in [4.78, 5) is 0. The van der Waals surface area contributed by atoms with Crippen molar-refractivity contribution in [1.29, 1.82) is 0 Å². The first-order valence-corrected chi connectivity index (χ1v) is 5.16. The standard InChI is InChI=1S/C11H13ClO3/c1-11(2,14)9-4-6-3-7(13)5-8(12)10(6)15-9/h3,5,9,13-14H,4H2,1-2H3/t9-/m0/s1. The highest BCUT2D eigenvalue weighted by Crippen LogP contribution is 2.40. The molecule has 82 valence electrons. The van der Waals surface area contributed by atoms with Crippen molar-refractivity contribution in [1.82, 2.24) is 0 Å². The average molecular weight is 229 g/mol. The van der Waals surface area contributed by atoms with E-state index in [9.17, 15) is 10.2 Å². The van der Waals surface area contributed by atoms with Crippen LogP contribution in [0.2, 0.25) is 5.02 Å². The number of ether oxygens (including phenoxy) is 1. The first-order chi connectivity index (χ1) is 6.88. The number of hydrogen-bond donors (Lipinski definition) is 2. The van der Waals surface area contributed by atoms with E-state index in [0.717, 1.165) is 5.56 Å². The van der Waals surface area contributed by atoms with Gasteiger partial charge < -0.3 is 14.9 Å². The molecular formula is C11H13ClO3. The third-order valence-electron chi connectivity index (χ3n) is 2.56. The van der Waals surface area contributed by atoms with Gasteiger partial charge in [-0.2, -0.15) is 0 Å². The van der Waals surface area contributed by atoms with Crippen molar-refractivity contribution in [2.45, 2.75) is 32.0 Å². The van der Waals surface area contributed by atoms with Gasteiger partial charge in [-0.1, -0.05) is 11.6 Å². The van der Waals surface area contributed by atoms with Crippen molar-refractivity contribution >= 4 is 11.6 Å². The topological polar surface area (TPSA) is 49.7 Å². The van der Waals surface area contributed by atoms with Crippen molar-refractivity contribution in [3.63, 3.8) is 0 Å². The van der Waals surface area contributed by atoms with Crippen molar-refractivity contribution in [2.24, 2.45) is 0 Å². The van der Waals surface area contributed by atoms with E-state index in [2.05, 4.69) is 0 Å². The maximum atomic E-state index is 9.82. The lowest BCUT2D eigenvalue weighted by Gasteiger charge is -2.24. The maximum Gasteiger partial charge on any atom is 0.142 e. The van der Waals surface area contributed by atoms with E-state index in [0.29, 0.717) is 17.2 Å². The summed E-state index contributed by atoms with van der Waals surface area (Å²) in [6.07, 6.45) is 0.249. The molecule has 3 nitrogen and oxygen atoms in total. The van der Waals surface area contributed by atoms with Gasteiger partial charge in [-0.15, -0.1) is 0 Å². The van der Waals surface area contributed by atoms with Gasteiger partial charge >= 0.3 is 0 Å². The van der Waals surface area contributed by atoms with Gasteiger partial charge in [0, 0.05) is 18.1 Å².